The molecule has 0 aliphatic carbocycles. The van der Waals surface area contributed by atoms with E-state index in [2.05, 4.69) is 61.3 Å². The molecule has 2 aliphatic heterocycles. The number of halogens is 6. The van der Waals surface area contributed by atoms with E-state index in [1.165, 1.54) is 61.4 Å². The van der Waals surface area contributed by atoms with Crippen molar-refractivity contribution in [3.63, 3.8) is 0 Å². The second-order valence-corrected chi connectivity index (χ2v) is 16.0. The molecule has 0 bridgehead atoms. The van der Waals surface area contributed by atoms with Crippen LogP contribution < -0.4 is 20.9 Å². The summed E-state index contributed by atoms with van der Waals surface area (Å²) in [5.74, 6) is -0.589. The average Bonchev–Trinajstić information content (AvgIpc) is 4.08. The molecule has 1 saturated heterocycles. The molecule has 3 N–H and O–H groups in total. The third kappa shape index (κ3) is 10.1. The smallest absolute Gasteiger partial charge is 0.380 e. The van der Waals surface area contributed by atoms with E-state index in [0.717, 1.165) is 22.4 Å². The van der Waals surface area contributed by atoms with Gasteiger partial charge in [-0.15, -0.1) is 10.2 Å². The molecule has 362 valence electrons. The molecule has 0 saturated carbocycles. The molecule has 24 heteroatoms. The Labute approximate surface area is 403 Å². The Morgan fingerprint density at radius 2 is 1.38 bits per heavy atom. The van der Waals surface area contributed by atoms with E-state index in [0.29, 0.717) is 47.0 Å². The summed E-state index contributed by atoms with van der Waals surface area (Å²) in [6.45, 7) is 1.27. The summed E-state index contributed by atoms with van der Waals surface area (Å²) < 4.78 is 91.2. The van der Waals surface area contributed by atoms with Gasteiger partial charge in [0.1, 0.15) is 23.4 Å². The molecule has 2 atom stereocenters. The maximum Gasteiger partial charge on any atom is 0.433 e. The van der Waals surface area contributed by atoms with Gasteiger partial charge >= 0.3 is 12.4 Å². The first-order valence-electron chi connectivity index (χ1n) is 21.7. The van der Waals surface area contributed by atoms with Crippen LogP contribution in [0.3, 0.4) is 0 Å². The van der Waals surface area contributed by atoms with Gasteiger partial charge in [-0.3, -0.25) is 24.5 Å². The number of aromatic nitrogens is 11. The molecule has 18 nitrogen and oxygen atoms in total. The van der Waals surface area contributed by atoms with Gasteiger partial charge in [-0.2, -0.15) is 36.5 Å². The zero-order valence-electron chi connectivity index (χ0n) is 37.0. The van der Waals surface area contributed by atoms with Gasteiger partial charge in [0, 0.05) is 60.4 Å². The summed E-state index contributed by atoms with van der Waals surface area (Å²) in [5.41, 5.74) is 0.773. The minimum absolute atomic E-state index is 0.00223. The molecule has 10 heterocycles. The van der Waals surface area contributed by atoms with Crippen molar-refractivity contribution >= 4 is 29.3 Å². The number of dihydropyridines is 1. The van der Waals surface area contributed by atoms with Crippen LogP contribution in [0, 0.1) is 0 Å². The first-order chi connectivity index (χ1) is 34.7. The second-order valence-electron chi connectivity index (χ2n) is 16.0. The van der Waals surface area contributed by atoms with E-state index in [1.807, 2.05) is 17.0 Å². The predicted octanol–water partition coefficient (Wildman–Crippen LogP) is 7.75. The largest absolute Gasteiger partial charge is 0.433 e. The van der Waals surface area contributed by atoms with Crippen molar-refractivity contribution in [2.45, 2.75) is 24.5 Å². The molecule has 0 spiro atoms. The Kier molecular flexibility index (Phi) is 12.5. The summed E-state index contributed by atoms with van der Waals surface area (Å²) >= 11 is 0. The third-order valence-electron chi connectivity index (χ3n) is 11.3. The van der Waals surface area contributed by atoms with Crippen LogP contribution in [0.4, 0.5) is 43.8 Å². The Bertz CT molecular complexity index is 3290. The van der Waals surface area contributed by atoms with Crippen LogP contribution >= 0.6 is 0 Å². The maximum absolute atomic E-state index is 14.0. The minimum atomic E-state index is -4.75. The highest BCUT2D eigenvalue weighted by atomic mass is 19.4. The lowest BCUT2D eigenvalue weighted by Gasteiger charge is -2.33. The molecular weight excluding hydrogens is 949 g/mol. The molecule has 1 fully saturated rings. The molecule has 0 radical (unpaired) electrons. The number of pyridine rings is 5. The number of rotatable bonds is 11. The van der Waals surface area contributed by atoms with Gasteiger partial charge in [-0.05, 0) is 103 Å². The molecule has 0 aromatic carbocycles. The van der Waals surface area contributed by atoms with Crippen molar-refractivity contribution in [3.8, 4) is 34.0 Å². The highest BCUT2D eigenvalue weighted by Crippen LogP contribution is 2.36. The van der Waals surface area contributed by atoms with Crippen molar-refractivity contribution in [2.75, 3.05) is 35.2 Å². The van der Waals surface area contributed by atoms with Crippen LogP contribution in [0.25, 0.3) is 34.0 Å². The molecule has 2 amide bonds. The van der Waals surface area contributed by atoms with E-state index in [9.17, 15) is 35.9 Å². The molecule has 8 aromatic heterocycles. The fourth-order valence-electron chi connectivity index (χ4n) is 7.72. The fraction of sp³-hybridized carbons (Fsp3) is 0.146. The maximum atomic E-state index is 14.0. The summed E-state index contributed by atoms with van der Waals surface area (Å²) in [4.78, 5) is 49.7. The van der Waals surface area contributed by atoms with Gasteiger partial charge < -0.3 is 25.6 Å². The van der Waals surface area contributed by atoms with Gasteiger partial charge in [0.15, 0.2) is 17.3 Å². The number of carbonyl (C=O) groups excluding carboxylic acids is 2. The molecule has 10 rings (SSSR count). The topological polar surface area (TPSA) is 209 Å². The fourth-order valence-corrected chi connectivity index (χ4v) is 7.72. The summed E-state index contributed by atoms with van der Waals surface area (Å²) in [6, 6.07) is 20.0. The first kappa shape index (κ1) is 46.5. The van der Waals surface area contributed by atoms with Crippen molar-refractivity contribution in [1.29, 1.82) is 0 Å². The highest BCUT2D eigenvalue weighted by molar-refractivity contribution is 6.05. The van der Waals surface area contributed by atoms with Crippen LogP contribution in [0.15, 0.2) is 152 Å². The van der Waals surface area contributed by atoms with Crippen molar-refractivity contribution in [2.24, 2.45) is 0 Å². The Morgan fingerprint density at radius 3 is 1.99 bits per heavy atom. The first-order valence-corrected chi connectivity index (χ1v) is 21.7. The van der Waals surface area contributed by atoms with Crippen LogP contribution in [0.2, 0.25) is 0 Å². The van der Waals surface area contributed by atoms with Crippen molar-refractivity contribution < 1.29 is 40.7 Å². The second kappa shape index (κ2) is 19.3. The van der Waals surface area contributed by atoms with Gasteiger partial charge in [0.25, 0.3) is 11.8 Å². The number of hydrogen-bond acceptors (Lipinski definition) is 14. The lowest BCUT2D eigenvalue weighted by molar-refractivity contribution is -0.143. The number of amides is 2. The summed E-state index contributed by atoms with van der Waals surface area (Å²) in [6.07, 6.45) is 5.04. The zero-order valence-corrected chi connectivity index (χ0v) is 37.0. The number of nitrogens with one attached hydrogen (secondary N) is 3. The lowest BCUT2D eigenvalue weighted by atomic mass is 10.0. The lowest BCUT2D eigenvalue weighted by Crippen LogP contribution is -2.39. The normalized spacial score (nSPS) is 15.9. The predicted molar refractivity (Wildman–Crippen MR) is 246 cm³/mol. The van der Waals surface area contributed by atoms with E-state index < -0.39 is 47.7 Å². The van der Waals surface area contributed by atoms with Gasteiger partial charge in [-0.1, -0.05) is 6.07 Å². The van der Waals surface area contributed by atoms with Crippen LogP contribution in [-0.4, -0.2) is 86.2 Å². The number of carbonyl (C=O) groups is 2. The molecular formula is C48H35F6N15O3. The average molecular weight is 984 g/mol. The summed E-state index contributed by atoms with van der Waals surface area (Å²) in [7, 11) is 0. The van der Waals surface area contributed by atoms with Crippen LogP contribution in [-0.2, 0) is 21.9 Å². The summed E-state index contributed by atoms with van der Waals surface area (Å²) in [5, 5.41) is 24.5. The molecule has 8 aromatic rings. The number of hydrogen-bond donors (Lipinski definition) is 3. The number of ether oxygens (including phenoxy) is 1. The van der Waals surface area contributed by atoms with Crippen molar-refractivity contribution in [3.05, 3.63) is 180 Å². The van der Waals surface area contributed by atoms with Gasteiger partial charge in [-0.25, -0.2) is 19.3 Å². The van der Waals surface area contributed by atoms with E-state index in [-0.39, 0.29) is 45.7 Å². The quantitative estimate of drug-likeness (QED) is 0.106. The highest BCUT2D eigenvalue weighted by Gasteiger charge is 2.38. The molecule has 2 aliphatic rings. The number of morpholine rings is 1. The third-order valence-corrected chi connectivity index (χ3v) is 11.3. The molecule has 2 unspecified atom stereocenters. The van der Waals surface area contributed by atoms with Gasteiger partial charge in [0.2, 0.25) is 0 Å². The monoisotopic (exact) mass is 983 g/mol. The molecule has 72 heavy (non-hydrogen) atoms. The van der Waals surface area contributed by atoms with E-state index in [1.54, 1.807) is 60.9 Å². The SMILES string of the molecule is O=C(Nc1ccc(-n2nc(-c3cccnc3)cc2C(F)(F)F)nn1)C1=CC(c2ccc(C3CN(c4ccc(C(=O)Nc5ccc(-n6nc(-c7cccnc7)cc6C(F)(F)F)cn5)cn4)CCO3)nc2)NC=C1. The Hall–Kier alpha value is -9.19. The Balaban J connectivity index is 0.740. The zero-order chi connectivity index (χ0) is 50.0. The van der Waals surface area contributed by atoms with E-state index >= 15 is 0 Å². The van der Waals surface area contributed by atoms with Gasteiger partial charge in [0.05, 0.1) is 53.7 Å². The Morgan fingerprint density at radius 1 is 0.681 bits per heavy atom. The number of alkyl halides is 6. The van der Waals surface area contributed by atoms with Crippen LogP contribution in [0.5, 0.6) is 0 Å². The number of nitrogens with zero attached hydrogens (tertiary/aromatic N) is 12. The van der Waals surface area contributed by atoms with Crippen molar-refractivity contribution in [1.82, 2.24) is 60.0 Å². The van der Waals surface area contributed by atoms with E-state index in [4.69, 9.17) is 4.74 Å². The standard InChI is InChI=1S/C48H35F6N15O3/c49-47(50,51)39-20-36(29-3-1-14-55-22-29)65-68(39)33-7-9-41(59-26-33)61-46(71)32-6-11-43(60-25-32)67-17-18-72-38(27-67)34-8-5-31(24-58-34)35-19-28(13-16-57-35)45(70)62-42-10-12-44(64-63-42)69-40(48(52,53)54)21-37(66-69)30-4-2-15-56-23-30/h1-16,19-26,35,38,57H,17-18,27H2,(H,59,61,71)(H,62,63,70). The number of anilines is 3. The minimum Gasteiger partial charge on any atom is -0.380 e. The van der Waals surface area contributed by atoms with Crippen LogP contribution in [0.1, 0.15) is 45.1 Å².